The lowest BCUT2D eigenvalue weighted by molar-refractivity contribution is 0.0817. The fourth-order valence-corrected chi connectivity index (χ4v) is 2.14. The first-order chi connectivity index (χ1) is 9.65. The second-order valence-corrected chi connectivity index (χ2v) is 4.96. The van der Waals surface area contributed by atoms with Crippen molar-refractivity contribution < 1.29 is 9.59 Å². The summed E-state index contributed by atoms with van der Waals surface area (Å²) in [6.45, 7) is 0. The minimum atomic E-state index is -0.598. The van der Waals surface area contributed by atoms with Gasteiger partial charge in [-0.15, -0.1) is 11.8 Å². The van der Waals surface area contributed by atoms with E-state index < -0.39 is 11.6 Å². The third kappa shape index (κ3) is 2.95. The van der Waals surface area contributed by atoms with Crippen LogP contribution >= 0.6 is 11.8 Å². The van der Waals surface area contributed by atoms with Crippen LogP contribution in [0.4, 0.5) is 0 Å². The molecule has 3 nitrogen and oxygen atoms in total. The molecule has 0 N–H and O–H groups in total. The molecule has 2 aromatic carbocycles. The van der Waals surface area contributed by atoms with Crippen LogP contribution in [0.2, 0.25) is 0 Å². The largest absolute Gasteiger partial charge is 0.285 e. The summed E-state index contributed by atoms with van der Waals surface area (Å²) in [4.78, 5) is 25.2. The van der Waals surface area contributed by atoms with Crippen molar-refractivity contribution in [3.8, 4) is 6.07 Å². The van der Waals surface area contributed by atoms with Crippen molar-refractivity contribution in [2.24, 2.45) is 0 Å². The van der Waals surface area contributed by atoms with Gasteiger partial charge in [0.1, 0.15) is 0 Å². The maximum Gasteiger partial charge on any atom is 0.233 e. The lowest BCUT2D eigenvalue weighted by atomic mass is 10.0. The molecule has 0 aliphatic heterocycles. The average molecular weight is 281 g/mol. The number of carbonyl (C=O) groups excluding carboxylic acids is 2. The molecular weight excluding hydrogens is 270 g/mol. The van der Waals surface area contributed by atoms with Crippen molar-refractivity contribution in [2.45, 2.75) is 4.90 Å². The molecule has 0 aliphatic rings. The molecule has 0 fully saturated rings. The Kier molecular flexibility index (Phi) is 4.34. The Bertz CT molecular complexity index is 699. The fourth-order valence-electron chi connectivity index (χ4n) is 1.73. The van der Waals surface area contributed by atoms with E-state index in [1.54, 1.807) is 48.2 Å². The Hall–Kier alpha value is -2.38. The van der Waals surface area contributed by atoms with Crippen LogP contribution in [-0.2, 0) is 0 Å². The van der Waals surface area contributed by atoms with Gasteiger partial charge in [-0.2, -0.15) is 5.26 Å². The molecule has 0 aromatic heterocycles. The molecule has 0 bridgehead atoms. The van der Waals surface area contributed by atoms with Gasteiger partial charge in [0.15, 0.2) is 0 Å². The van der Waals surface area contributed by atoms with Crippen molar-refractivity contribution >= 4 is 23.3 Å². The number of nitriles is 1. The number of rotatable bonds is 4. The maximum atomic E-state index is 12.1. The number of carbonyl (C=O) groups is 2. The normalized spacial score (nSPS) is 9.80. The van der Waals surface area contributed by atoms with Gasteiger partial charge in [0.25, 0.3) is 0 Å². The average Bonchev–Trinajstić information content (AvgIpc) is 2.53. The fraction of sp³-hybridized carbons (Fsp3) is 0.0625. The second-order valence-electron chi connectivity index (χ2n) is 4.08. The molecule has 0 unspecified atom stereocenters. The van der Waals surface area contributed by atoms with E-state index in [4.69, 9.17) is 5.26 Å². The van der Waals surface area contributed by atoms with Gasteiger partial charge in [0.2, 0.25) is 11.6 Å². The van der Waals surface area contributed by atoms with Gasteiger partial charge in [-0.25, -0.2) is 0 Å². The molecule has 0 amide bonds. The first-order valence-corrected chi connectivity index (χ1v) is 7.11. The Morgan fingerprint density at radius 1 is 1.00 bits per heavy atom. The minimum Gasteiger partial charge on any atom is -0.285 e. The third-order valence-corrected chi connectivity index (χ3v) is 3.56. The minimum absolute atomic E-state index is 0.239. The molecule has 0 saturated heterocycles. The van der Waals surface area contributed by atoms with Crippen LogP contribution in [0, 0.1) is 11.3 Å². The number of benzene rings is 2. The van der Waals surface area contributed by atoms with Crippen molar-refractivity contribution in [3.05, 3.63) is 65.2 Å². The quantitative estimate of drug-likeness (QED) is 0.490. The van der Waals surface area contributed by atoms with E-state index in [0.717, 1.165) is 4.90 Å². The molecule has 98 valence electrons. The van der Waals surface area contributed by atoms with E-state index in [2.05, 4.69) is 0 Å². The molecule has 0 saturated carbocycles. The van der Waals surface area contributed by atoms with E-state index in [0.29, 0.717) is 11.1 Å². The van der Waals surface area contributed by atoms with Gasteiger partial charge in [-0.05, 0) is 42.7 Å². The second kappa shape index (κ2) is 6.18. The highest BCUT2D eigenvalue weighted by molar-refractivity contribution is 7.98. The summed E-state index contributed by atoms with van der Waals surface area (Å²) >= 11 is 1.57. The molecule has 0 spiro atoms. The van der Waals surface area contributed by atoms with Crippen molar-refractivity contribution in [1.29, 1.82) is 5.26 Å². The number of Topliss-reactive ketones (excluding diaryl/α,β-unsaturated/α-hetero) is 2. The van der Waals surface area contributed by atoms with Gasteiger partial charge in [-0.1, -0.05) is 12.1 Å². The molecule has 0 atom stereocenters. The third-order valence-electron chi connectivity index (χ3n) is 2.81. The Morgan fingerprint density at radius 3 is 2.25 bits per heavy atom. The molecule has 0 aliphatic carbocycles. The van der Waals surface area contributed by atoms with E-state index in [-0.39, 0.29) is 5.56 Å². The van der Waals surface area contributed by atoms with Crippen molar-refractivity contribution in [2.75, 3.05) is 6.26 Å². The molecule has 0 radical (unpaired) electrons. The monoisotopic (exact) mass is 281 g/mol. The highest BCUT2D eigenvalue weighted by atomic mass is 32.2. The SMILES string of the molecule is CSc1ccc(C(=O)C(=O)c2cccc(C#N)c2)cc1. The highest BCUT2D eigenvalue weighted by Crippen LogP contribution is 2.16. The van der Waals surface area contributed by atoms with E-state index in [1.165, 1.54) is 12.1 Å². The maximum absolute atomic E-state index is 12.1. The van der Waals surface area contributed by atoms with E-state index in [1.807, 2.05) is 12.3 Å². The number of hydrogen-bond donors (Lipinski definition) is 0. The Labute approximate surface area is 121 Å². The van der Waals surface area contributed by atoms with Crippen LogP contribution in [-0.4, -0.2) is 17.8 Å². The zero-order chi connectivity index (χ0) is 14.5. The van der Waals surface area contributed by atoms with E-state index in [9.17, 15) is 9.59 Å². The smallest absolute Gasteiger partial charge is 0.233 e. The summed E-state index contributed by atoms with van der Waals surface area (Å²) in [5.74, 6) is -1.16. The zero-order valence-corrected chi connectivity index (χ0v) is 11.6. The molecule has 2 aromatic rings. The van der Waals surface area contributed by atoms with Crippen LogP contribution in [0.25, 0.3) is 0 Å². The number of hydrogen-bond acceptors (Lipinski definition) is 4. The van der Waals surface area contributed by atoms with Gasteiger partial charge in [0.05, 0.1) is 11.6 Å². The van der Waals surface area contributed by atoms with Crippen molar-refractivity contribution in [3.63, 3.8) is 0 Å². The highest BCUT2D eigenvalue weighted by Gasteiger charge is 2.18. The summed E-state index contributed by atoms with van der Waals surface area (Å²) in [6.07, 6.45) is 1.94. The standard InChI is InChI=1S/C16H11NO2S/c1-20-14-7-5-12(6-8-14)15(18)16(19)13-4-2-3-11(9-13)10-17/h2-9H,1H3. The van der Waals surface area contributed by atoms with Crippen LogP contribution < -0.4 is 0 Å². The summed E-state index contributed by atoms with van der Waals surface area (Å²) < 4.78 is 0. The van der Waals surface area contributed by atoms with Gasteiger partial charge >= 0.3 is 0 Å². The van der Waals surface area contributed by atoms with Gasteiger partial charge < -0.3 is 0 Å². The summed E-state index contributed by atoms with van der Waals surface area (Å²) in [5, 5.41) is 8.81. The van der Waals surface area contributed by atoms with E-state index >= 15 is 0 Å². The molecule has 2 rings (SSSR count). The zero-order valence-electron chi connectivity index (χ0n) is 10.8. The summed E-state index contributed by atoms with van der Waals surface area (Å²) in [7, 11) is 0. The Balaban J connectivity index is 2.27. The van der Waals surface area contributed by atoms with Gasteiger partial charge in [0, 0.05) is 16.0 Å². The van der Waals surface area contributed by atoms with Crippen LogP contribution in [0.5, 0.6) is 0 Å². The summed E-state index contributed by atoms with van der Waals surface area (Å²) in [5.41, 5.74) is 0.958. The summed E-state index contributed by atoms with van der Waals surface area (Å²) in [6, 6.07) is 15.0. The number of thioether (sulfide) groups is 1. The lowest BCUT2D eigenvalue weighted by Crippen LogP contribution is -2.14. The first-order valence-electron chi connectivity index (χ1n) is 5.89. The molecule has 20 heavy (non-hydrogen) atoms. The molecule has 0 heterocycles. The number of nitrogens with zero attached hydrogens (tertiary/aromatic N) is 1. The van der Waals surface area contributed by atoms with Crippen LogP contribution in [0.1, 0.15) is 26.3 Å². The lowest BCUT2D eigenvalue weighted by Gasteiger charge is -2.02. The van der Waals surface area contributed by atoms with Crippen LogP contribution in [0.3, 0.4) is 0 Å². The van der Waals surface area contributed by atoms with Gasteiger partial charge in [-0.3, -0.25) is 9.59 Å². The predicted molar refractivity (Wildman–Crippen MR) is 78.0 cm³/mol. The molecule has 4 heteroatoms. The van der Waals surface area contributed by atoms with Crippen molar-refractivity contribution in [1.82, 2.24) is 0 Å². The number of ketones is 2. The topological polar surface area (TPSA) is 57.9 Å². The first kappa shape index (κ1) is 14.0. The Morgan fingerprint density at radius 2 is 1.65 bits per heavy atom. The van der Waals surface area contributed by atoms with Crippen LogP contribution in [0.15, 0.2) is 53.4 Å². The molecular formula is C16H11NO2S. The predicted octanol–water partition coefficient (Wildman–Crippen LogP) is 3.35.